The zero-order chi connectivity index (χ0) is 22.1. The number of esters is 1. The number of Topliss-reactive ketones (excluding diaryl/α,β-unsaturated/α-hetero) is 1. The summed E-state index contributed by atoms with van der Waals surface area (Å²) < 4.78 is 32.1. The number of halogens is 1. The van der Waals surface area contributed by atoms with Crippen LogP contribution in [0.4, 0.5) is 0 Å². The van der Waals surface area contributed by atoms with Gasteiger partial charge in [-0.3, -0.25) is 4.79 Å². The molecule has 0 fully saturated rings. The first-order valence-electron chi connectivity index (χ1n) is 9.13. The van der Waals surface area contributed by atoms with Crippen LogP contribution in [0, 0.1) is 0 Å². The van der Waals surface area contributed by atoms with E-state index in [4.69, 9.17) is 28.1 Å². The molecule has 0 spiro atoms. The lowest BCUT2D eigenvalue weighted by molar-refractivity contribution is -0.139. The molecule has 0 bridgehead atoms. The number of carbonyl (C=O) groups excluding carboxylic acids is 2. The number of hydrogen-bond donors (Lipinski definition) is 0. The third-order valence-corrected chi connectivity index (χ3v) is 4.96. The molecule has 1 atom stereocenters. The summed E-state index contributed by atoms with van der Waals surface area (Å²) in [6, 6.07) is 6.90. The number of alkyl halides is 1. The van der Waals surface area contributed by atoms with Crippen molar-refractivity contribution in [1.82, 2.24) is 0 Å². The lowest BCUT2D eigenvalue weighted by atomic mass is 10.0. The summed E-state index contributed by atoms with van der Waals surface area (Å²) in [6.45, 7) is 1.52. The highest BCUT2D eigenvalue weighted by molar-refractivity contribution is 9.09. The predicted molar refractivity (Wildman–Crippen MR) is 112 cm³/mol. The van der Waals surface area contributed by atoms with Crippen molar-refractivity contribution in [3.63, 3.8) is 0 Å². The molecular formula is C21H25BrO8. The van der Waals surface area contributed by atoms with E-state index in [2.05, 4.69) is 15.9 Å². The van der Waals surface area contributed by atoms with Crippen LogP contribution in [0.15, 0.2) is 28.7 Å². The molecule has 0 aliphatic heterocycles. The van der Waals surface area contributed by atoms with Crippen molar-refractivity contribution >= 4 is 27.7 Å². The Morgan fingerprint density at radius 2 is 1.77 bits per heavy atom. The van der Waals surface area contributed by atoms with Gasteiger partial charge in [0.25, 0.3) is 0 Å². The number of carbonyl (C=O) groups is 2. The van der Waals surface area contributed by atoms with Crippen LogP contribution in [-0.4, -0.2) is 46.7 Å². The molecule has 0 amide bonds. The molecule has 0 radical (unpaired) electrons. The van der Waals surface area contributed by atoms with E-state index in [1.807, 2.05) is 0 Å². The van der Waals surface area contributed by atoms with Crippen molar-refractivity contribution < 1.29 is 37.7 Å². The second-order valence-corrected chi connectivity index (χ2v) is 7.26. The Labute approximate surface area is 183 Å². The molecular weight excluding hydrogens is 460 g/mol. The summed E-state index contributed by atoms with van der Waals surface area (Å²) in [6.07, 6.45) is 0.850. The molecule has 0 aliphatic rings. The van der Waals surface area contributed by atoms with Crippen molar-refractivity contribution in [2.24, 2.45) is 0 Å². The monoisotopic (exact) mass is 484 g/mol. The Bertz CT molecular complexity index is 861. The highest BCUT2D eigenvalue weighted by Crippen LogP contribution is 2.43. The highest BCUT2D eigenvalue weighted by atomic mass is 79.9. The summed E-state index contributed by atoms with van der Waals surface area (Å²) >= 11 is 3.39. The van der Waals surface area contributed by atoms with E-state index in [9.17, 15) is 9.59 Å². The summed E-state index contributed by atoms with van der Waals surface area (Å²) in [4.78, 5) is 22.7. The molecule has 2 rings (SSSR count). The van der Waals surface area contributed by atoms with Crippen LogP contribution in [0.3, 0.4) is 0 Å². The third-order valence-electron chi connectivity index (χ3n) is 4.09. The molecule has 0 aliphatic carbocycles. The molecule has 2 aromatic rings. The smallest absolute Gasteiger partial charge is 0.324 e. The second kappa shape index (κ2) is 11.7. The number of furan rings is 1. The molecule has 1 unspecified atom stereocenters. The number of ketones is 1. The van der Waals surface area contributed by atoms with E-state index < -0.39 is 10.8 Å². The van der Waals surface area contributed by atoms with Gasteiger partial charge in [0.05, 0.1) is 12.7 Å². The average molecular weight is 485 g/mol. The third kappa shape index (κ3) is 6.32. The van der Waals surface area contributed by atoms with Gasteiger partial charge in [-0.15, -0.1) is 0 Å². The van der Waals surface area contributed by atoms with Gasteiger partial charge in [-0.1, -0.05) is 15.9 Å². The lowest BCUT2D eigenvalue weighted by Crippen LogP contribution is -2.11. The molecule has 1 heterocycles. The number of rotatable bonds is 12. The molecule has 1 aromatic carbocycles. The Balaban J connectivity index is 2.57. The normalized spacial score (nSPS) is 11.8. The van der Waals surface area contributed by atoms with Crippen LogP contribution in [0.25, 0.3) is 11.3 Å². The zero-order valence-corrected chi connectivity index (χ0v) is 18.9. The SMILES string of the molecule is COCOc1cc(OCOC)c(-c2ccc(CCC(C)=O)o2)c(C(Br)C(=O)OC)c1. The predicted octanol–water partition coefficient (Wildman–Crippen LogP) is 4.04. The van der Waals surface area contributed by atoms with Crippen LogP contribution in [0.2, 0.25) is 0 Å². The van der Waals surface area contributed by atoms with Gasteiger partial charge in [-0.2, -0.15) is 0 Å². The summed E-state index contributed by atoms with van der Waals surface area (Å²) in [5.74, 6) is 1.51. The van der Waals surface area contributed by atoms with E-state index in [0.29, 0.717) is 47.0 Å². The summed E-state index contributed by atoms with van der Waals surface area (Å²) in [7, 11) is 4.31. The minimum atomic E-state index is -0.806. The molecule has 0 saturated carbocycles. The fourth-order valence-corrected chi connectivity index (χ4v) is 3.25. The van der Waals surface area contributed by atoms with Crippen molar-refractivity contribution in [1.29, 1.82) is 0 Å². The number of methoxy groups -OCH3 is 3. The van der Waals surface area contributed by atoms with Gasteiger partial charge in [0.15, 0.2) is 13.6 Å². The maximum Gasteiger partial charge on any atom is 0.324 e. The number of benzene rings is 1. The Kier molecular flexibility index (Phi) is 9.35. The van der Waals surface area contributed by atoms with E-state index in [-0.39, 0.29) is 19.4 Å². The summed E-state index contributed by atoms with van der Waals surface area (Å²) in [5, 5.41) is 0. The first-order chi connectivity index (χ1) is 14.4. The Morgan fingerprint density at radius 1 is 1.07 bits per heavy atom. The first kappa shape index (κ1) is 23.9. The maximum absolute atomic E-state index is 12.3. The first-order valence-corrected chi connectivity index (χ1v) is 10.0. The topological polar surface area (TPSA) is 93.4 Å². The van der Waals surface area contributed by atoms with E-state index in [1.54, 1.807) is 24.3 Å². The van der Waals surface area contributed by atoms with Crippen LogP contribution in [-0.2, 0) is 30.2 Å². The fourth-order valence-electron chi connectivity index (χ4n) is 2.70. The quantitative estimate of drug-likeness (QED) is 0.253. The molecule has 8 nitrogen and oxygen atoms in total. The molecule has 0 N–H and O–H groups in total. The van der Waals surface area contributed by atoms with Crippen molar-refractivity contribution in [3.05, 3.63) is 35.6 Å². The Morgan fingerprint density at radius 3 is 2.40 bits per heavy atom. The minimum absolute atomic E-state index is 0.0175. The molecule has 0 saturated heterocycles. The standard InChI is InChI=1S/C21H25BrO8/c1-13(23)5-6-14-7-8-17(30-14)19-16(20(22)21(24)27-4)9-15(28-11-25-2)10-18(19)29-12-26-3/h7-10,20H,5-6,11-12H2,1-4H3. The zero-order valence-electron chi connectivity index (χ0n) is 17.4. The fraction of sp³-hybridized carbons (Fsp3) is 0.429. The molecule has 164 valence electrons. The van der Waals surface area contributed by atoms with Crippen molar-refractivity contribution in [3.8, 4) is 22.8 Å². The van der Waals surface area contributed by atoms with Gasteiger partial charge >= 0.3 is 5.97 Å². The van der Waals surface area contributed by atoms with E-state index in [1.165, 1.54) is 28.3 Å². The van der Waals surface area contributed by atoms with Gasteiger partial charge < -0.3 is 32.9 Å². The number of aryl methyl sites for hydroxylation is 1. The maximum atomic E-state index is 12.3. The average Bonchev–Trinajstić information content (AvgIpc) is 3.21. The highest BCUT2D eigenvalue weighted by Gasteiger charge is 2.27. The van der Waals surface area contributed by atoms with Crippen molar-refractivity contribution in [2.75, 3.05) is 34.9 Å². The molecule has 9 heteroatoms. The van der Waals surface area contributed by atoms with Crippen LogP contribution < -0.4 is 9.47 Å². The second-order valence-electron chi connectivity index (χ2n) is 6.34. The number of ether oxygens (including phenoxy) is 5. The van der Waals surface area contributed by atoms with Crippen LogP contribution in [0.1, 0.15) is 29.5 Å². The lowest BCUT2D eigenvalue weighted by Gasteiger charge is -2.18. The van der Waals surface area contributed by atoms with E-state index in [0.717, 1.165) is 0 Å². The molecule has 30 heavy (non-hydrogen) atoms. The largest absolute Gasteiger partial charge is 0.468 e. The van der Waals surface area contributed by atoms with Gasteiger partial charge in [0, 0.05) is 33.1 Å². The number of hydrogen-bond acceptors (Lipinski definition) is 8. The van der Waals surface area contributed by atoms with Crippen LogP contribution in [0.5, 0.6) is 11.5 Å². The van der Waals surface area contributed by atoms with Crippen molar-refractivity contribution in [2.45, 2.75) is 24.6 Å². The minimum Gasteiger partial charge on any atom is -0.468 e. The Hall–Kier alpha value is -2.36. The van der Waals surface area contributed by atoms with Gasteiger partial charge in [0.1, 0.15) is 33.6 Å². The molecule has 1 aromatic heterocycles. The van der Waals surface area contributed by atoms with Crippen LogP contribution >= 0.6 is 15.9 Å². The van der Waals surface area contributed by atoms with Gasteiger partial charge in [0.2, 0.25) is 0 Å². The van der Waals surface area contributed by atoms with E-state index >= 15 is 0 Å². The van der Waals surface area contributed by atoms with Gasteiger partial charge in [-0.25, -0.2) is 0 Å². The van der Waals surface area contributed by atoms with Gasteiger partial charge in [-0.05, 0) is 30.7 Å². The summed E-state index contributed by atoms with van der Waals surface area (Å²) in [5.41, 5.74) is 1.06.